The third-order valence-electron chi connectivity index (χ3n) is 5.08. The molecule has 4 saturated carbocycles. The van der Waals surface area contributed by atoms with E-state index in [0.717, 1.165) is 36.2 Å². The summed E-state index contributed by atoms with van der Waals surface area (Å²) in [4.78, 5) is 10.6. The second kappa shape index (κ2) is 4.60. The third-order valence-corrected chi connectivity index (χ3v) is 5.08. The van der Waals surface area contributed by atoms with Gasteiger partial charge in [0.15, 0.2) is 6.79 Å². The molecule has 0 N–H and O–H groups in total. The summed E-state index contributed by atoms with van der Waals surface area (Å²) in [5.74, 6) is 4.30. The molecule has 0 spiro atoms. The van der Waals surface area contributed by atoms with Crippen LogP contribution < -0.4 is 0 Å². The first-order valence-electron chi connectivity index (χ1n) is 6.93. The second-order valence-corrected chi connectivity index (χ2v) is 6.22. The van der Waals surface area contributed by atoms with Crippen LogP contribution in [0.2, 0.25) is 0 Å². The van der Waals surface area contributed by atoms with Gasteiger partial charge in [0.05, 0.1) is 6.61 Å². The van der Waals surface area contributed by atoms with Crippen molar-refractivity contribution in [2.45, 2.75) is 39.0 Å². The van der Waals surface area contributed by atoms with E-state index in [1.807, 2.05) is 0 Å². The molecule has 0 atom stereocenters. The van der Waals surface area contributed by atoms with Gasteiger partial charge in [0.2, 0.25) is 0 Å². The molecule has 96 valence electrons. The van der Waals surface area contributed by atoms with Gasteiger partial charge in [-0.15, -0.1) is 0 Å². The Morgan fingerprint density at radius 3 is 2.18 bits per heavy atom. The summed E-state index contributed by atoms with van der Waals surface area (Å²) >= 11 is 0. The van der Waals surface area contributed by atoms with Crippen LogP contribution in [-0.4, -0.2) is 19.4 Å². The fourth-order valence-electron chi connectivity index (χ4n) is 4.62. The first-order valence-corrected chi connectivity index (χ1v) is 6.93. The van der Waals surface area contributed by atoms with Gasteiger partial charge in [-0.2, -0.15) is 0 Å². The number of carbonyl (C=O) groups excluding carboxylic acids is 1. The molecule has 0 amide bonds. The van der Waals surface area contributed by atoms with Crippen LogP contribution in [0.25, 0.3) is 0 Å². The summed E-state index contributed by atoms with van der Waals surface area (Å²) in [6, 6.07) is 0. The first-order chi connectivity index (χ1) is 8.22. The predicted molar refractivity (Wildman–Crippen MR) is 63.1 cm³/mol. The molecule has 3 heteroatoms. The van der Waals surface area contributed by atoms with E-state index in [4.69, 9.17) is 9.47 Å². The predicted octanol–water partition coefficient (Wildman–Crippen LogP) is 2.60. The lowest BCUT2D eigenvalue weighted by Gasteiger charge is -2.54. The number of hydrogen-bond acceptors (Lipinski definition) is 3. The van der Waals surface area contributed by atoms with E-state index >= 15 is 0 Å². The van der Waals surface area contributed by atoms with Gasteiger partial charge in [-0.05, 0) is 61.7 Å². The molecule has 0 heterocycles. The monoisotopic (exact) mass is 238 g/mol. The van der Waals surface area contributed by atoms with E-state index in [-0.39, 0.29) is 12.8 Å². The van der Waals surface area contributed by atoms with Gasteiger partial charge in [-0.25, -0.2) is 0 Å². The number of rotatable bonds is 4. The highest BCUT2D eigenvalue weighted by molar-refractivity contribution is 5.65. The zero-order chi connectivity index (χ0) is 11.8. The van der Waals surface area contributed by atoms with Crippen molar-refractivity contribution in [3.63, 3.8) is 0 Å². The van der Waals surface area contributed by atoms with Crippen LogP contribution in [0.5, 0.6) is 0 Å². The Morgan fingerprint density at radius 1 is 1.06 bits per heavy atom. The van der Waals surface area contributed by atoms with Crippen molar-refractivity contribution < 1.29 is 14.3 Å². The Labute approximate surface area is 103 Å². The van der Waals surface area contributed by atoms with Gasteiger partial charge in [0.25, 0.3) is 0 Å². The van der Waals surface area contributed by atoms with Crippen molar-refractivity contribution in [3.05, 3.63) is 0 Å². The molecule has 0 radical (unpaired) electrons. The largest absolute Gasteiger partial charge is 0.439 e. The average molecular weight is 238 g/mol. The maximum atomic E-state index is 10.6. The van der Waals surface area contributed by atoms with Gasteiger partial charge >= 0.3 is 5.97 Å². The average Bonchev–Trinajstić information content (AvgIpc) is 2.25. The summed E-state index contributed by atoms with van der Waals surface area (Å²) in [5.41, 5.74) is 0. The van der Waals surface area contributed by atoms with Crippen LogP contribution in [0.4, 0.5) is 0 Å². The standard InChI is InChI=1S/C14H22O3/c1-9(15)17-8-16-7-14-12-3-10-2-11(5-12)6-13(14)4-10/h10-14H,2-8H2,1H3. The number of esters is 1. The summed E-state index contributed by atoms with van der Waals surface area (Å²) < 4.78 is 10.4. The summed E-state index contributed by atoms with van der Waals surface area (Å²) in [7, 11) is 0. The van der Waals surface area contributed by atoms with Crippen LogP contribution >= 0.6 is 0 Å². The maximum absolute atomic E-state index is 10.6. The summed E-state index contributed by atoms with van der Waals surface area (Å²) in [6.07, 6.45) is 7.19. The Balaban J connectivity index is 1.49. The molecule has 4 bridgehead atoms. The fourth-order valence-corrected chi connectivity index (χ4v) is 4.62. The molecular formula is C14H22O3. The molecule has 0 aromatic heterocycles. The highest BCUT2D eigenvalue weighted by atomic mass is 16.7. The Hall–Kier alpha value is -0.570. The van der Waals surface area contributed by atoms with Gasteiger partial charge in [-0.3, -0.25) is 4.79 Å². The molecule has 4 fully saturated rings. The quantitative estimate of drug-likeness (QED) is 0.429. The highest BCUT2D eigenvalue weighted by Gasteiger charge is 2.47. The Kier molecular flexibility index (Phi) is 3.12. The smallest absolute Gasteiger partial charge is 0.304 e. The van der Waals surface area contributed by atoms with Gasteiger partial charge in [-0.1, -0.05) is 0 Å². The van der Waals surface area contributed by atoms with Crippen molar-refractivity contribution in [1.29, 1.82) is 0 Å². The molecule has 0 aromatic rings. The highest BCUT2D eigenvalue weighted by Crippen LogP contribution is 2.56. The van der Waals surface area contributed by atoms with Crippen LogP contribution in [0.3, 0.4) is 0 Å². The molecule has 0 unspecified atom stereocenters. The topological polar surface area (TPSA) is 35.5 Å². The van der Waals surface area contributed by atoms with E-state index in [9.17, 15) is 4.79 Å². The fraction of sp³-hybridized carbons (Fsp3) is 0.929. The molecule has 0 saturated heterocycles. The lowest BCUT2D eigenvalue weighted by molar-refractivity contribution is -0.158. The molecular weight excluding hydrogens is 216 g/mol. The number of ether oxygens (including phenoxy) is 2. The molecule has 0 aliphatic heterocycles. The van der Waals surface area contributed by atoms with Crippen molar-refractivity contribution >= 4 is 5.97 Å². The van der Waals surface area contributed by atoms with Crippen molar-refractivity contribution in [1.82, 2.24) is 0 Å². The van der Waals surface area contributed by atoms with Gasteiger partial charge in [0.1, 0.15) is 0 Å². The van der Waals surface area contributed by atoms with Crippen molar-refractivity contribution in [3.8, 4) is 0 Å². The van der Waals surface area contributed by atoms with Gasteiger partial charge < -0.3 is 9.47 Å². The number of carbonyl (C=O) groups is 1. The molecule has 4 rings (SSSR count). The molecule has 4 aliphatic carbocycles. The minimum atomic E-state index is -0.255. The van der Waals surface area contributed by atoms with E-state index in [2.05, 4.69) is 0 Å². The summed E-state index contributed by atoms with van der Waals surface area (Å²) in [5, 5.41) is 0. The number of hydrogen-bond donors (Lipinski definition) is 0. The maximum Gasteiger partial charge on any atom is 0.304 e. The minimum Gasteiger partial charge on any atom is -0.439 e. The Bertz CT molecular complexity index is 272. The van der Waals surface area contributed by atoms with Crippen LogP contribution in [-0.2, 0) is 14.3 Å². The van der Waals surface area contributed by atoms with Crippen molar-refractivity contribution in [2.75, 3.05) is 13.4 Å². The van der Waals surface area contributed by atoms with Crippen LogP contribution in [0.15, 0.2) is 0 Å². The zero-order valence-corrected chi connectivity index (χ0v) is 10.6. The molecule has 17 heavy (non-hydrogen) atoms. The lowest BCUT2D eigenvalue weighted by Crippen LogP contribution is -2.46. The van der Waals surface area contributed by atoms with Crippen LogP contribution in [0.1, 0.15) is 39.0 Å². The van der Waals surface area contributed by atoms with Crippen molar-refractivity contribution in [2.24, 2.45) is 29.6 Å². The SMILES string of the molecule is CC(=O)OCOCC1C2CC3CC(C2)CC1C3. The third kappa shape index (κ3) is 2.35. The van der Waals surface area contributed by atoms with Crippen LogP contribution in [0, 0.1) is 29.6 Å². The minimum absolute atomic E-state index is 0.137. The van der Waals surface area contributed by atoms with Gasteiger partial charge in [0, 0.05) is 6.92 Å². The summed E-state index contributed by atoms with van der Waals surface area (Å²) in [6.45, 7) is 2.35. The zero-order valence-electron chi connectivity index (χ0n) is 10.6. The second-order valence-electron chi connectivity index (χ2n) is 6.22. The molecule has 3 nitrogen and oxygen atoms in total. The molecule has 4 aliphatic rings. The Morgan fingerprint density at radius 2 is 1.65 bits per heavy atom. The normalized spacial score (nSPS) is 42.8. The van der Waals surface area contributed by atoms with E-state index in [0.29, 0.717) is 0 Å². The first kappa shape index (κ1) is 11.5. The molecule has 0 aromatic carbocycles. The van der Waals surface area contributed by atoms with E-state index in [1.165, 1.54) is 39.0 Å². The van der Waals surface area contributed by atoms with E-state index in [1.54, 1.807) is 0 Å². The lowest BCUT2D eigenvalue weighted by atomic mass is 9.52. The van der Waals surface area contributed by atoms with E-state index < -0.39 is 0 Å².